The third kappa shape index (κ3) is 4.03. The van der Waals surface area contributed by atoms with E-state index in [0.717, 1.165) is 74.9 Å². The van der Waals surface area contributed by atoms with E-state index in [-0.39, 0.29) is 5.92 Å². The predicted octanol–water partition coefficient (Wildman–Crippen LogP) is 2.90. The van der Waals surface area contributed by atoms with Gasteiger partial charge in [-0.1, -0.05) is 12.8 Å². The monoisotopic (exact) mass is 382 g/mol. The van der Waals surface area contributed by atoms with Crippen molar-refractivity contribution in [1.82, 2.24) is 24.6 Å². The normalized spacial score (nSPS) is 20.9. The molecule has 1 unspecified atom stereocenters. The van der Waals surface area contributed by atoms with Crippen LogP contribution in [0.2, 0.25) is 0 Å². The Morgan fingerprint density at radius 3 is 2.43 bits per heavy atom. The first-order chi connectivity index (χ1) is 13.6. The molecular formula is C21H30N6O. The number of nitrogens with zero attached hydrogens (tertiary/aromatic N) is 6. The molecule has 7 nitrogen and oxygen atoms in total. The zero-order chi connectivity index (χ0) is 19.5. The molecule has 28 heavy (non-hydrogen) atoms. The van der Waals surface area contributed by atoms with E-state index in [0.29, 0.717) is 5.91 Å². The van der Waals surface area contributed by atoms with Crippen LogP contribution in [0, 0.1) is 19.8 Å². The van der Waals surface area contributed by atoms with Gasteiger partial charge in [-0.25, -0.2) is 14.6 Å². The molecule has 2 aromatic heterocycles. The molecule has 0 N–H and O–H groups in total. The molecule has 0 aliphatic carbocycles. The van der Waals surface area contributed by atoms with Gasteiger partial charge in [0.05, 0.1) is 11.6 Å². The SMILES string of the molecule is Cc1cc(C)n(-c2cc(N3CCCC(C(=O)N4CCCCCC4)C3)ncn2)n1. The fourth-order valence-electron chi connectivity index (χ4n) is 4.42. The maximum Gasteiger partial charge on any atom is 0.227 e. The van der Waals surface area contributed by atoms with Gasteiger partial charge >= 0.3 is 0 Å². The van der Waals surface area contributed by atoms with Gasteiger partial charge in [0.1, 0.15) is 12.1 Å². The summed E-state index contributed by atoms with van der Waals surface area (Å²) in [6, 6.07) is 4.02. The molecule has 0 saturated carbocycles. The van der Waals surface area contributed by atoms with Crippen LogP contribution in [0.3, 0.4) is 0 Å². The number of aromatic nitrogens is 4. The predicted molar refractivity (Wildman–Crippen MR) is 109 cm³/mol. The highest BCUT2D eigenvalue weighted by atomic mass is 16.2. The number of hydrogen-bond acceptors (Lipinski definition) is 5. The molecule has 2 aromatic rings. The van der Waals surface area contributed by atoms with E-state index >= 15 is 0 Å². The number of anilines is 1. The van der Waals surface area contributed by atoms with E-state index in [2.05, 4.69) is 24.9 Å². The second-order valence-electron chi connectivity index (χ2n) is 8.10. The quantitative estimate of drug-likeness (QED) is 0.817. The summed E-state index contributed by atoms with van der Waals surface area (Å²) in [4.78, 5) is 26.3. The van der Waals surface area contributed by atoms with Crippen molar-refractivity contribution in [3.63, 3.8) is 0 Å². The van der Waals surface area contributed by atoms with Crippen LogP contribution >= 0.6 is 0 Å². The second-order valence-corrected chi connectivity index (χ2v) is 8.10. The Kier molecular flexibility index (Phi) is 5.59. The molecule has 0 bridgehead atoms. The lowest BCUT2D eigenvalue weighted by Gasteiger charge is -2.35. The van der Waals surface area contributed by atoms with Gasteiger partial charge in [0, 0.05) is 37.9 Å². The van der Waals surface area contributed by atoms with E-state index in [1.54, 1.807) is 6.33 Å². The second kappa shape index (κ2) is 8.29. The summed E-state index contributed by atoms with van der Waals surface area (Å²) >= 11 is 0. The molecule has 2 aliphatic heterocycles. The molecule has 2 aliphatic rings. The summed E-state index contributed by atoms with van der Waals surface area (Å²) in [6.07, 6.45) is 8.36. The van der Waals surface area contributed by atoms with E-state index in [1.807, 2.05) is 30.7 Å². The minimum atomic E-state index is 0.0685. The molecule has 1 amide bonds. The number of likely N-dealkylation sites (tertiary alicyclic amines) is 1. The summed E-state index contributed by atoms with van der Waals surface area (Å²) in [7, 11) is 0. The lowest BCUT2D eigenvalue weighted by molar-refractivity contribution is -0.135. The van der Waals surface area contributed by atoms with Crippen molar-refractivity contribution in [3.8, 4) is 5.82 Å². The molecule has 4 rings (SSSR count). The van der Waals surface area contributed by atoms with Crippen LogP contribution < -0.4 is 4.90 Å². The Bertz CT molecular complexity index is 824. The highest BCUT2D eigenvalue weighted by Crippen LogP contribution is 2.25. The smallest absolute Gasteiger partial charge is 0.227 e. The Balaban J connectivity index is 1.49. The molecule has 0 aromatic carbocycles. The number of aryl methyl sites for hydroxylation is 2. The highest BCUT2D eigenvalue weighted by molar-refractivity contribution is 5.79. The van der Waals surface area contributed by atoms with Crippen LogP contribution in [-0.2, 0) is 4.79 Å². The fourth-order valence-corrected chi connectivity index (χ4v) is 4.42. The van der Waals surface area contributed by atoms with E-state index in [9.17, 15) is 4.79 Å². The van der Waals surface area contributed by atoms with E-state index in [4.69, 9.17) is 0 Å². The Morgan fingerprint density at radius 2 is 1.71 bits per heavy atom. The lowest BCUT2D eigenvalue weighted by atomic mass is 9.96. The molecule has 150 valence electrons. The van der Waals surface area contributed by atoms with Crippen molar-refractivity contribution in [3.05, 3.63) is 29.8 Å². The molecular weight excluding hydrogens is 352 g/mol. The molecule has 0 radical (unpaired) electrons. The van der Waals surface area contributed by atoms with Crippen LogP contribution in [0.5, 0.6) is 0 Å². The first kappa shape index (κ1) is 18.9. The summed E-state index contributed by atoms with van der Waals surface area (Å²) in [5, 5.41) is 4.53. The minimum Gasteiger partial charge on any atom is -0.356 e. The Labute approximate surface area is 166 Å². The van der Waals surface area contributed by atoms with E-state index < -0.39 is 0 Å². The van der Waals surface area contributed by atoms with Crippen molar-refractivity contribution in [2.75, 3.05) is 31.1 Å². The number of amides is 1. The van der Waals surface area contributed by atoms with Gasteiger partial charge in [0.2, 0.25) is 5.91 Å². The maximum atomic E-state index is 13.1. The number of piperidine rings is 1. The van der Waals surface area contributed by atoms with Crippen molar-refractivity contribution >= 4 is 11.7 Å². The zero-order valence-electron chi connectivity index (χ0n) is 17.0. The largest absolute Gasteiger partial charge is 0.356 e. The number of hydrogen-bond donors (Lipinski definition) is 0. The van der Waals surface area contributed by atoms with Gasteiger partial charge in [-0.3, -0.25) is 4.79 Å². The number of carbonyl (C=O) groups is 1. The Morgan fingerprint density at radius 1 is 0.964 bits per heavy atom. The lowest BCUT2D eigenvalue weighted by Crippen LogP contribution is -2.45. The summed E-state index contributed by atoms with van der Waals surface area (Å²) < 4.78 is 1.85. The average Bonchev–Trinajstić information content (AvgIpc) is 2.90. The zero-order valence-corrected chi connectivity index (χ0v) is 17.0. The van der Waals surface area contributed by atoms with Gasteiger partial charge < -0.3 is 9.80 Å². The van der Waals surface area contributed by atoms with Crippen LogP contribution in [0.4, 0.5) is 5.82 Å². The third-order valence-electron chi connectivity index (χ3n) is 5.88. The fraction of sp³-hybridized carbons (Fsp3) is 0.619. The van der Waals surface area contributed by atoms with Crippen molar-refractivity contribution in [2.45, 2.75) is 52.4 Å². The molecule has 2 saturated heterocycles. The average molecular weight is 383 g/mol. The molecule has 7 heteroatoms. The van der Waals surface area contributed by atoms with Gasteiger partial charge in [-0.15, -0.1) is 0 Å². The summed E-state index contributed by atoms with van der Waals surface area (Å²) in [5.41, 5.74) is 2.02. The topological polar surface area (TPSA) is 67.2 Å². The summed E-state index contributed by atoms with van der Waals surface area (Å²) in [5.74, 6) is 2.06. The minimum absolute atomic E-state index is 0.0685. The summed E-state index contributed by atoms with van der Waals surface area (Å²) in [6.45, 7) is 7.52. The first-order valence-electron chi connectivity index (χ1n) is 10.5. The van der Waals surface area contributed by atoms with Crippen LogP contribution in [-0.4, -0.2) is 56.7 Å². The van der Waals surface area contributed by atoms with Crippen LogP contribution in [0.15, 0.2) is 18.5 Å². The van der Waals surface area contributed by atoms with Crippen molar-refractivity contribution in [2.24, 2.45) is 5.92 Å². The van der Waals surface area contributed by atoms with Gasteiger partial charge in [-0.05, 0) is 45.6 Å². The molecule has 2 fully saturated rings. The van der Waals surface area contributed by atoms with Crippen LogP contribution in [0.25, 0.3) is 5.82 Å². The number of rotatable bonds is 3. The maximum absolute atomic E-state index is 13.1. The van der Waals surface area contributed by atoms with Gasteiger partial charge in [0.25, 0.3) is 0 Å². The highest BCUT2D eigenvalue weighted by Gasteiger charge is 2.30. The molecule has 0 spiro atoms. The van der Waals surface area contributed by atoms with Crippen LogP contribution in [0.1, 0.15) is 49.9 Å². The number of carbonyl (C=O) groups excluding carboxylic acids is 1. The first-order valence-corrected chi connectivity index (χ1v) is 10.5. The third-order valence-corrected chi connectivity index (χ3v) is 5.88. The molecule has 4 heterocycles. The van der Waals surface area contributed by atoms with Crippen molar-refractivity contribution in [1.29, 1.82) is 0 Å². The van der Waals surface area contributed by atoms with Gasteiger partial charge in [-0.2, -0.15) is 5.10 Å². The van der Waals surface area contributed by atoms with Crippen molar-refractivity contribution < 1.29 is 4.79 Å². The Hall–Kier alpha value is -2.44. The van der Waals surface area contributed by atoms with E-state index in [1.165, 1.54) is 12.8 Å². The molecule has 1 atom stereocenters. The van der Waals surface area contributed by atoms with Gasteiger partial charge in [0.15, 0.2) is 5.82 Å². The standard InChI is InChI=1S/C21H30N6O/c1-16-12-17(2)27(24-16)20-13-19(22-15-23-20)26-11-7-8-18(14-26)21(28)25-9-5-3-4-6-10-25/h12-13,15,18H,3-11,14H2,1-2H3.